The lowest BCUT2D eigenvalue weighted by molar-refractivity contribution is 0.0992. The number of hydrogen-bond acceptors (Lipinski definition) is 2. The zero-order valence-corrected chi connectivity index (χ0v) is 14.2. The molecule has 3 heteroatoms. The first-order valence-electron chi connectivity index (χ1n) is 8.26. The Morgan fingerprint density at radius 2 is 1.65 bits per heavy atom. The molecule has 1 aliphatic heterocycles. The second-order valence-electron chi connectivity index (χ2n) is 6.39. The van der Waals surface area contributed by atoms with Gasteiger partial charge in [-0.05, 0) is 62.6 Å². The zero-order valence-electron chi connectivity index (χ0n) is 14.2. The average molecular weight is 308 g/mol. The molecule has 1 aliphatic rings. The molecule has 1 heterocycles. The lowest BCUT2D eigenvalue weighted by Crippen LogP contribution is -2.27. The summed E-state index contributed by atoms with van der Waals surface area (Å²) in [6.45, 7) is 6.31. The highest BCUT2D eigenvalue weighted by Crippen LogP contribution is 2.24. The van der Waals surface area contributed by atoms with Crippen LogP contribution in [0.1, 0.15) is 34.3 Å². The van der Waals surface area contributed by atoms with Crippen molar-refractivity contribution >= 4 is 17.3 Å². The molecule has 0 N–H and O–H groups in total. The number of anilines is 2. The number of rotatable bonds is 3. The molecule has 1 fully saturated rings. The normalized spacial score (nSPS) is 14.1. The van der Waals surface area contributed by atoms with Crippen LogP contribution >= 0.6 is 0 Å². The van der Waals surface area contributed by atoms with Crippen molar-refractivity contribution in [3.05, 3.63) is 59.2 Å². The summed E-state index contributed by atoms with van der Waals surface area (Å²) in [7, 11) is 1.84. The summed E-state index contributed by atoms with van der Waals surface area (Å²) >= 11 is 0. The standard InChI is InChI=1S/C20H24N2O/c1-15-6-11-19(16(2)14-15)20(23)21(3)17-7-9-18(10-8-17)22-12-4-5-13-22/h6-11,14H,4-5,12-13H2,1-3H3. The van der Waals surface area contributed by atoms with Crippen LogP contribution in [0.25, 0.3) is 0 Å². The van der Waals surface area contributed by atoms with E-state index in [1.54, 1.807) is 4.90 Å². The van der Waals surface area contributed by atoms with E-state index < -0.39 is 0 Å². The van der Waals surface area contributed by atoms with E-state index in [2.05, 4.69) is 23.1 Å². The molecule has 0 atom stereocenters. The van der Waals surface area contributed by atoms with Gasteiger partial charge in [0.05, 0.1) is 0 Å². The Bertz CT molecular complexity index is 700. The molecule has 0 aliphatic carbocycles. The monoisotopic (exact) mass is 308 g/mol. The van der Waals surface area contributed by atoms with Crippen LogP contribution in [-0.2, 0) is 0 Å². The number of hydrogen-bond donors (Lipinski definition) is 0. The van der Waals surface area contributed by atoms with E-state index in [0.29, 0.717) is 0 Å². The molecular formula is C20H24N2O. The maximum atomic E-state index is 12.7. The van der Waals surface area contributed by atoms with Gasteiger partial charge in [0.15, 0.2) is 0 Å². The molecule has 0 aromatic heterocycles. The minimum Gasteiger partial charge on any atom is -0.372 e. The van der Waals surface area contributed by atoms with Crippen molar-refractivity contribution in [3.63, 3.8) is 0 Å². The van der Waals surface area contributed by atoms with E-state index >= 15 is 0 Å². The Morgan fingerprint density at radius 3 is 2.26 bits per heavy atom. The topological polar surface area (TPSA) is 23.6 Å². The Labute approximate surface area is 138 Å². The Kier molecular flexibility index (Phi) is 4.37. The third kappa shape index (κ3) is 3.24. The maximum Gasteiger partial charge on any atom is 0.258 e. The fraction of sp³-hybridized carbons (Fsp3) is 0.350. The molecule has 0 bridgehead atoms. The van der Waals surface area contributed by atoms with Crippen molar-refractivity contribution in [1.29, 1.82) is 0 Å². The molecule has 3 rings (SSSR count). The van der Waals surface area contributed by atoms with Crippen molar-refractivity contribution in [2.45, 2.75) is 26.7 Å². The first-order valence-corrected chi connectivity index (χ1v) is 8.26. The quantitative estimate of drug-likeness (QED) is 0.849. The summed E-state index contributed by atoms with van der Waals surface area (Å²) in [4.78, 5) is 16.9. The average Bonchev–Trinajstić information content (AvgIpc) is 3.08. The molecule has 1 saturated heterocycles. The lowest BCUT2D eigenvalue weighted by Gasteiger charge is -2.21. The van der Waals surface area contributed by atoms with Gasteiger partial charge in [-0.3, -0.25) is 4.79 Å². The molecule has 0 unspecified atom stereocenters. The minimum atomic E-state index is 0.0384. The SMILES string of the molecule is Cc1ccc(C(=O)N(C)c2ccc(N3CCCC3)cc2)c(C)c1. The number of nitrogens with zero attached hydrogens (tertiary/aromatic N) is 2. The smallest absolute Gasteiger partial charge is 0.258 e. The molecule has 1 amide bonds. The number of carbonyl (C=O) groups is 1. The Balaban J connectivity index is 1.79. The van der Waals surface area contributed by atoms with Crippen molar-refractivity contribution in [2.24, 2.45) is 0 Å². The largest absolute Gasteiger partial charge is 0.372 e. The summed E-state index contributed by atoms with van der Waals surface area (Å²) in [5.74, 6) is 0.0384. The van der Waals surface area contributed by atoms with Gasteiger partial charge in [-0.15, -0.1) is 0 Å². The van der Waals surface area contributed by atoms with Crippen molar-refractivity contribution < 1.29 is 4.79 Å². The number of benzene rings is 2. The van der Waals surface area contributed by atoms with Crippen molar-refractivity contribution in [1.82, 2.24) is 0 Å². The van der Waals surface area contributed by atoms with Gasteiger partial charge in [0.2, 0.25) is 0 Å². The highest BCUT2D eigenvalue weighted by molar-refractivity contribution is 6.06. The van der Waals surface area contributed by atoms with Gasteiger partial charge in [0.25, 0.3) is 5.91 Å². The molecular weight excluding hydrogens is 284 g/mol. The number of amides is 1. The molecule has 2 aromatic rings. The second kappa shape index (κ2) is 6.45. The van der Waals surface area contributed by atoms with E-state index in [4.69, 9.17) is 0 Å². The Hall–Kier alpha value is -2.29. The van der Waals surface area contributed by atoms with Gasteiger partial charge in [-0.25, -0.2) is 0 Å². The predicted molar refractivity (Wildman–Crippen MR) is 96.5 cm³/mol. The molecule has 120 valence electrons. The van der Waals surface area contributed by atoms with Crippen LogP contribution in [0.3, 0.4) is 0 Å². The van der Waals surface area contributed by atoms with E-state index in [1.165, 1.54) is 24.1 Å². The van der Waals surface area contributed by atoms with Crippen LogP contribution < -0.4 is 9.80 Å². The highest BCUT2D eigenvalue weighted by atomic mass is 16.2. The predicted octanol–water partition coefficient (Wildman–Crippen LogP) is 4.18. The fourth-order valence-electron chi connectivity index (χ4n) is 3.21. The van der Waals surface area contributed by atoms with E-state index in [0.717, 1.165) is 29.9 Å². The fourth-order valence-corrected chi connectivity index (χ4v) is 3.21. The second-order valence-corrected chi connectivity index (χ2v) is 6.39. The molecule has 2 aromatic carbocycles. The van der Waals surface area contributed by atoms with Gasteiger partial charge < -0.3 is 9.80 Å². The third-order valence-electron chi connectivity index (χ3n) is 4.63. The van der Waals surface area contributed by atoms with E-state index in [1.807, 2.05) is 45.2 Å². The van der Waals surface area contributed by atoms with Crippen molar-refractivity contribution in [2.75, 3.05) is 29.9 Å². The van der Waals surface area contributed by atoms with Gasteiger partial charge in [0, 0.05) is 37.1 Å². The van der Waals surface area contributed by atoms with Crippen molar-refractivity contribution in [3.8, 4) is 0 Å². The van der Waals surface area contributed by atoms with Gasteiger partial charge >= 0.3 is 0 Å². The first-order chi connectivity index (χ1) is 11.1. The van der Waals surface area contributed by atoms with Crippen LogP contribution in [0.15, 0.2) is 42.5 Å². The lowest BCUT2D eigenvalue weighted by atomic mass is 10.0. The third-order valence-corrected chi connectivity index (χ3v) is 4.63. The summed E-state index contributed by atoms with van der Waals surface area (Å²) in [5.41, 5.74) is 5.14. The minimum absolute atomic E-state index is 0.0384. The summed E-state index contributed by atoms with van der Waals surface area (Å²) in [5, 5.41) is 0. The summed E-state index contributed by atoms with van der Waals surface area (Å²) in [6.07, 6.45) is 2.54. The molecule has 0 saturated carbocycles. The van der Waals surface area contributed by atoms with Crippen LogP contribution in [0.4, 0.5) is 11.4 Å². The summed E-state index contributed by atoms with van der Waals surface area (Å²) < 4.78 is 0. The summed E-state index contributed by atoms with van der Waals surface area (Å²) in [6, 6.07) is 14.3. The molecule has 3 nitrogen and oxygen atoms in total. The molecule has 0 radical (unpaired) electrons. The van der Waals surface area contributed by atoms with Crippen LogP contribution in [0.2, 0.25) is 0 Å². The van der Waals surface area contributed by atoms with Gasteiger partial charge in [0.1, 0.15) is 0 Å². The highest BCUT2D eigenvalue weighted by Gasteiger charge is 2.17. The van der Waals surface area contributed by atoms with Crippen LogP contribution in [0.5, 0.6) is 0 Å². The van der Waals surface area contributed by atoms with E-state index in [-0.39, 0.29) is 5.91 Å². The first kappa shape index (κ1) is 15.6. The number of carbonyl (C=O) groups excluding carboxylic acids is 1. The van der Waals surface area contributed by atoms with Gasteiger partial charge in [-0.2, -0.15) is 0 Å². The maximum absolute atomic E-state index is 12.7. The molecule has 0 spiro atoms. The Morgan fingerprint density at radius 1 is 1.00 bits per heavy atom. The zero-order chi connectivity index (χ0) is 16.4. The van der Waals surface area contributed by atoms with Crippen LogP contribution in [0, 0.1) is 13.8 Å². The number of aryl methyl sites for hydroxylation is 2. The van der Waals surface area contributed by atoms with Gasteiger partial charge in [-0.1, -0.05) is 17.7 Å². The van der Waals surface area contributed by atoms with E-state index in [9.17, 15) is 4.79 Å². The molecule has 23 heavy (non-hydrogen) atoms. The van der Waals surface area contributed by atoms with Crippen LogP contribution in [-0.4, -0.2) is 26.0 Å².